The molecule has 1 fully saturated rings. The topological polar surface area (TPSA) is 114 Å². The van der Waals surface area contributed by atoms with Crippen LogP contribution in [0.1, 0.15) is 49.7 Å². The Labute approximate surface area is 205 Å². The zero-order valence-electron chi connectivity index (χ0n) is 19.9. The van der Waals surface area contributed by atoms with E-state index in [2.05, 4.69) is 34.9 Å². The van der Waals surface area contributed by atoms with Gasteiger partial charge >= 0.3 is 12.1 Å². The predicted molar refractivity (Wildman–Crippen MR) is 130 cm³/mol. The van der Waals surface area contributed by atoms with E-state index in [1.54, 1.807) is 0 Å². The number of aliphatic carboxylic acids is 1. The molecule has 0 saturated carbocycles. The van der Waals surface area contributed by atoms with Gasteiger partial charge in [0.15, 0.2) is 0 Å². The van der Waals surface area contributed by atoms with Crippen molar-refractivity contribution < 1.29 is 29.0 Å². The highest BCUT2D eigenvalue weighted by Crippen LogP contribution is 2.44. The van der Waals surface area contributed by atoms with Crippen molar-refractivity contribution >= 4 is 18.0 Å². The molecule has 4 rings (SSSR count). The van der Waals surface area contributed by atoms with Gasteiger partial charge in [-0.05, 0) is 35.1 Å². The Balaban J connectivity index is 1.29. The standard InChI is InChI=1S/C27H32N2O6/c1-2-7-18(14-24(30)31)29-26(32)25-17(12-13-34-25)15-28-27(33)35-16-23-21-10-5-3-8-19(21)20-9-4-6-11-22(20)23/h3-6,8-11,17-18,23,25H,2,7,12-16H2,1H3,(H,28,33)(H,29,32)(H,30,31)/t17-,18?,25-/m1/s1. The Morgan fingerprint density at radius 3 is 2.37 bits per heavy atom. The number of amides is 2. The molecule has 0 bridgehead atoms. The maximum Gasteiger partial charge on any atom is 0.407 e. The van der Waals surface area contributed by atoms with Crippen molar-refractivity contribution in [1.29, 1.82) is 0 Å². The average Bonchev–Trinajstić information content (AvgIpc) is 3.44. The van der Waals surface area contributed by atoms with Gasteiger partial charge < -0.3 is 25.2 Å². The molecule has 2 aromatic rings. The van der Waals surface area contributed by atoms with Crippen LogP contribution >= 0.6 is 0 Å². The number of carboxylic acid groups (broad SMARTS) is 1. The number of carbonyl (C=O) groups excluding carboxylic acids is 2. The Bertz CT molecular complexity index is 1030. The lowest BCUT2D eigenvalue weighted by Gasteiger charge is -2.22. The fraction of sp³-hybridized carbons (Fsp3) is 0.444. The van der Waals surface area contributed by atoms with Crippen molar-refractivity contribution in [3.05, 3.63) is 59.7 Å². The van der Waals surface area contributed by atoms with Crippen LogP contribution in [0.4, 0.5) is 4.79 Å². The first kappa shape index (κ1) is 24.7. The van der Waals surface area contributed by atoms with E-state index < -0.39 is 24.2 Å². The second-order valence-corrected chi connectivity index (χ2v) is 9.14. The SMILES string of the molecule is CCCC(CC(=O)O)NC(=O)[C@@H]1OCC[C@@H]1CNC(=O)OCC1c2ccccc2-c2ccccc21. The summed E-state index contributed by atoms with van der Waals surface area (Å²) < 4.78 is 11.2. The highest BCUT2D eigenvalue weighted by molar-refractivity contribution is 5.82. The number of hydrogen-bond acceptors (Lipinski definition) is 5. The molecular weight excluding hydrogens is 448 g/mol. The summed E-state index contributed by atoms with van der Waals surface area (Å²) in [6.07, 6.45) is 0.572. The van der Waals surface area contributed by atoms with Crippen LogP contribution in [0.5, 0.6) is 0 Å². The first-order valence-electron chi connectivity index (χ1n) is 12.2. The van der Waals surface area contributed by atoms with Gasteiger partial charge in [-0.15, -0.1) is 0 Å². The van der Waals surface area contributed by atoms with Gasteiger partial charge in [-0.2, -0.15) is 0 Å². The molecule has 0 aromatic heterocycles. The van der Waals surface area contributed by atoms with Crippen molar-refractivity contribution in [3.8, 4) is 11.1 Å². The van der Waals surface area contributed by atoms with Crippen LogP contribution in [0, 0.1) is 5.92 Å². The van der Waals surface area contributed by atoms with Gasteiger partial charge in [-0.3, -0.25) is 9.59 Å². The van der Waals surface area contributed by atoms with Crippen LogP contribution in [0.25, 0.3) is 11.1 Å². The summed E-state index contributed by atoms with van der Waals surface area (Å²) in [4.78, 5) is 36.3. The predicted octanol–water partition coefficient (Wildman–Crippen LogP) is 3.69. The van der Waals surface area contributed by atoms with E-state index >= 15 is 0 Å². The number of fused-ring (bicyclic) bond motifs is 3. The number of hydrogen-bond donors (Lipinski definition) is 3. The minimum Gasteiger partial charge on any atom is -0.481 e. The van der Waals surface area contributed by atoms with Gasteiger partial charge in [0.25, 0.3) is 0 Å². The molecule has 0 radical (unpaired) electrons. The molecule has 2 aliphatic rings. The number of rotatable bonds is 10. The maximum atomic E-state index is 12.7. The minimum atomic E-state index is -0.954. The first-order valence-corrected chi connectivity index (χ1v) is 12.2. The Kier molecular flexibility index (Phi) is 8.02. The number of carboxylic acids is 1. The van der Waals surface area contributed by atoms with E-state index in [0.717, 1.165) is 17.5 Å². The van der Waals surface area contributed by atoms with Crippen molar-refractivity contribution in [2.45, 2.75) is 50.7 Å². The van der Waals surface area contributed by atoms with Gasteiger partial charge in [0, 0.05) is 31.0 Å². The Morgan fingerprint density at radius 2 is 1.74 bits per heavy atom. The number of ether oxygens (including phenoxy) is 2. The van der Waals surface area contributed by atoms with Gasteiger partial charge in [0.2, 0.25) is 5.91 Å². The minimum absolute atomic E-state index is 0.0220. The van der Waals surface area contributed by atoms with Crippen LogP contribution in [0.3, 0.4) is 0 Å². The number of benzene rings is 2. The number of alkyl carbamates (subject to hydrolysis) is 1. The van der Waals surface area contributed by atoms with Gasteiger partial charge in [-0.1, -0.05) is 61.9 Å². The number of carbonyl (C=O) groups is 3. The molecule has 35 heavy (non-hydrogen) atoms. The van der Waals surface area contributed by atoms with E-state index in [9.17, 15) is 14.4 Å². The molecule has 1 aliphatic heterocycles. The van der Waals surface area contributed by atoms with E-state index in [4.69, 9.17) is 14.6 Å². The normalized spacial score (nSPS) is 19.5. The molecule has 3 atom stereocenters. The molecule has 0 spiro atoms. The first-order chi connectivity index (χ1) is 17.0. The molecule has 186 valence electrons. The second kappa shape index (κ2) is 11.4. The number of nitrogens with one attached hydrogen (secondary N) is 2. The molecule has 8 nitrogen and oxygen atoms in total. The summed E-state index contributed by atoms with van der Waals surface area (Å²) in [5.41, 5.74) is 4.62. The fourth-order valence-electron chi connectivity index (χ4n) is 5.06. The Morgan fingerprint density at radius 1 is 1.09 bits per heavy atom. The van der Waals surface area contributed by atoms with Crippen LogP contribution in [0.15, 0.2) is 48.5 Å². The summed E-state index contributed by atoms with van der Waals surface area (Å²) in [6.45, 7) is 2.81. The smallest absolute Gasteiger partial charge is 0.407 e. The van der Waals surface area contributed by atoms with E-state index in [1.165, 1.54) is 11.1 Å². The van der Waals surface area contributed by atoms with E-state index in [-0.39, 0.29) is 37.3 Å². The summed E-state index contributed by atoms with van der Waals surface area (Å²) in [5.74, 6) is -1.51. The van der Waals surface area contributed by atoms with Crippen LogP contribution in [0.2, 0.25) is 0 Å². The maximum absolute atomic E-state index is 12.7. The third-order valence-corrected chi connectivity index (χ3v) is 6.73. The van der Waals surface area contributed by atoms with E-state index in [0.29, 0.717) is 19.4 Å². The molecule has 2 amide bonds. The van der Waals surface area contributed by atoms with Crippen molar-refractivity contribution in [2.24, 2.45) is 5.92 Å². The largest absolute Gasteiger partial charge is 0.481 e. The molecule has 1 saturated heterocycles. The zero-order valence-corrected chi connectivity index (χ0v) is 19.9. The average molecular weight is 481 g/mol. The summed E-state index contributed by atoms with van der Waals surface area (Å²) >= 11 is 0. The second-order valence-electron chi connectivity index (χ2n) is 9.14. The lowest BCUT2D eigenvalue weighted by atomic mass is 9.98. The lowest BCUT2D eigenvalue weighted by Crippen LogP contribution is -2.46. The molecular formula is C27H32N2O6. The van der Waals surface area contributed by atoms with Crippen LogP contribution in [-0.2, 0) is 19.1 Å². The third kappa shape index (κ3) is 5.82. The highest BCUT2D eigenvalue weighted by Gasteiger charge is 2.36. The molecule has 8 heteroatoms. The van der Waals surface area contributed by atoms with Crippen molar-refractivity contribution in [1.82, 2.24) is 10.6 Å². The fourth-order valence-corrected chi connectivity index (χ4v) is 5.06. The van der Waals surface area contributed by atoms with E-state index in [1.807, 2.05) is 31.2 Å². The lowest BCUT2D eigenvalue weighted by molar-refractivity contribution is -0.138. The highest BCUT2D eigenvalue weighted by atomic mass is 16.5. The quantitative estimate of drug-likeness (QED) is 0.478. The summed E-state index contributed by atoms with van der Waals surface area (Å²) in [7, 11) is 0. The van der Waals surface area contributed by atoms with Gasteiger partial charge in [-0.25, -0.2) is 4.79 Å². The monoisotopic (exact) mass is 480 g/mol. The van der Waals surface area contributed by atoms with Gasteiger partial charge in [0.05, 0.1) is 6.42 Å². The summed E-state index contributed by atoms with van der Waals surface area (Å²) in [5, 5.41) is 14.7. The molecule has 1 aliphatic carbocycles. The Hall–Kier alpha value is -3.39. The molecule has 2 aromatic carbocycles. The molecule has 1 unspecified atom stereocenters. The zero-order chi connectivity index (χ0) is 24.8. The van der Waals surface area contributed by atoms with Crippen LogP contribution in [-0.4, -0.2) is 55.0 Å². The summed E-state index contributed by atoms with van der Waals surface area (Å²) in [6, 6.07) is 15.9. The van der Waals surface area contributed by atoms with Crippen molar-refractivity contribution in [3.63, 3.8) is 0 Å². The third-order valence-electron chi connectivity index (χ3n) is 6.73. The van der Waals surface area contributed by atoms with Crippen LogP contribution < -0.4 is 10.6 Å². The van der Waals surface area contributed by atoms with Crippen molar-refractivity contribution in [2.75, 3.05) is 19.8 Å². The van der Waals surface area contributed by atoms with Gasteiger partial charge in [0.1, 0.15) is 12.7 Å². The molecule has 3 N–H and O–H groups in total. The molecule has 1 heterocycles.